The van der Waals surface area contributed by atoms with Gasteiger partial charge >= 0.3 is 0 Å². The van der Waals surface area contributed by atoms with Crippen LogP contribution in [0.4, 0.5) is 4.39 Å². The van der Waals surface area contributed by atoms with Crippen molar-refractivity contribution in [3.8, 4) is 0 Å². The first-order valence-electron chi connectivity index (χ1n) is 11.1. The van der Waals surface area contributed by atoms with Crippen LogP contribution in [0.25, 0.3) is 0 Å². The molecule has 0 aromatic heterocycles. The third-order valence-electron chi connectivity index (χ3n) is 7.53. The maximum absolute atomic E-state index is 14.2. The number of amides is 1. The van der Waals surface area contributed by atoms with Crippen molar-refractivity contribution in [2.24, 2.45) is 5.92 Å². The Kier molecular flexibility index (Phi) is 5.11. The first-order chi connectivity index (χ1) is 14.6. The molecule has 0 unspecified atom stereocenters. The number of hydrogen-bond acceptors (Lipinski definition) is 3. The summed E-state index contributed by atoms with van der Waals surface area (Å²) in [5, 5.41) is 10.2. The summed E-state index contributed by atoms with van der Waals surface area (Å²) in [7, 11) is 0. The van der Waals surface area contributed by atoms with Crippen LogP contribution in [0.5, 0.6) is 0 Å². The number of carbonyl (C=O) groups is 1. The summed E-state index contributed by atoms with van der Waals surface area (Å²) < 4.78 is 14.2. The Labute approximate surface area is 177 Å². The van der Waals surface area contributed by atoms with Crippen LogP contribution in [0.1, 0.15) is 47.5 Å². The van der Waals surface area contributed by atoms with Crippen molar-refractivity contribution in [3.05, 3.63) is 71.5 Å². The third kappa shape index (κ3) is 3.07. The predicted octanol–water partition coefficient (Wildman–Crippen LogP) is 3.67. The van der Waals surface area contributed by atoms with Gasteiger partial charge < -0.3 is 10.0 Å². The number of aliphatic hydroxyl groups is 1. The highest BCUT2D eigenvalue weighted by Crippen LogP contribution is 2.54. The van der Waals surface area contributed by atoms with Gasteiger partial charge in [0.2, 0.25) is 0 Å². The summed E-state index contributed by atoms with van der Waals surface area (Å²) in [6, 6.07) is 16.6. The predicted molar refractivity (Wildman–Crippen MR) is 114 cm³/mol. The fourth-order valence-electron chi connectivity index (χ4n) is 6.09. The fraction of sp³-hybridized carbons (Fsp3) is 0.480. The van der Waals surface area contributed by atoms with E-state index in [-0.39, 0.29) is 35.6 Å². The molecule has 2 atom stereocenters. The number of carbonyl (C=O) groups excluding carboxylic acids is 1. The van der Waals surface area contributed by atoms with E-state index < -0.39 is 5.82 Å². The minimum Gasteiger partial charge on any atom is -0.395 e. The molecule has 2 heterocycles. The lowest BCUT2D eigenvalue weighted by molar-refractivity contribution is -0.183. The fourth-order valence-corrected chi connectivity index (χ4v) is 6.09. The molecule has 4 nitrogen and oxygen atoms in total. The van der Waals surface area contributed by atoms with Crippen LogP contribution >= 0.6 is 0 Å². The van der Waals surface area contributed by atoms with Gasteiger partial charge in [-0.3, -0.25) is 9.69 Å². The molecule has 5 rings (SSSR count). The highest BCUT2D eigenvalue weighted by atomic mass is 19.1. The lowest BCUT2D eigenvalue weighted by Gasteiger charge is -2.71. The van der Waals surface area contributed by atoms with Gasteiger partial charge in [-0.1, -0.05) is 55.3 Å². The maximum atomic E-state index is 14.2. The van der Waals surface area contributed by atoms with Crippen LogP contribution in [0.15, 0.2) is 54.6 Å². The molecule has 1 spiro atoms. The van der Waals surface area contributed by atoms with Crippen molar-refractivity contribution < 1.29 is 14.3 Å². The molecule has 1 N–H and O–H groups in total. The Morgan fingerprint density at radius 1 is 1.03 bits per heavy atom. The van der Waals surface area contributed by atoms with E-state index in [1.165, 1.54) is 37.3 Å². The first kappa shape index (κ1) is 19.7. The molecule has 30 heavy (non-hydrogen) atoms. The van der Waals surface area contributed by atoms with Crippen molar-refractivity contribution in [2.75, 3.05) is 26.2 Å². The molecule has 3 aliphatic rings. The number of aliphatic hydroxyl groups excluding tert-OH is 1. The Hall–Kier alpha value is -2.24. The quantitative estimate of drug-likeness (QED) is 0.821. The second-order valence-corrected chi connectivity index (χ2v) is 9.19. The van der Waals surface area contributed by atoms with Crippen LogP contribution in [0.3, 0.4) is 0 Å². The molecule has 2 saturated heterocycles. The molecule has 0 bridgehead atoms. The third-order valence-corrected chi connectivity index (χ3v) is 7.53. The second kappa shape index (κ2) is 7.78. The Balaban J connectivity index is 1.41. The second-order valence-electron chi connectivity index (χ2n) is 9.19. The summed E-state index contributed by atoms with van der Waals surface area (Å²) in [6.07, 6.45) is 5.07. The smallest absolute Gasteiger partial charge is 0.256 e. The average molecular weight is 409 g/mol. The van der Waals surface area contributed by atoms with Crippen LogP contribution in [0.2, 0.25) is 0 Å². The zero-order valence-corrected chi connectivity index (χ0v) is 17.2. The summed E-state index contributed by atoms with van der Waals surface area (Å²) in [4.78, 5) is 17.2. The number of nitrogens with zero attached hydrogens (tertiary/aromatic N) is 2. The van der Waals surface area contributed by atoms with Gasteiger partial charge in [0.25, 0.3) is 5.91 Å². The van der Waals surface area contributed by atoms with Gasteiger partial charge in [0.05, 0.1) is 17.7 Å². The highest BCUT2D eigenvalue weighted by Gasteiger charge is 2.66. The number of likely N-dealkylation sites (tertiary alicyclic amines) is 2. The van der Waals surface area contributed by atoms with Crippen molar-refractivity contribution in [1.82, 2.24) is 9.80 Å². The Morgan fingerprint density at radius 3 is 2.37 bits per heavy atom. The molecule has 1 saturated carbocycles. The summed E-state index contributed by atoms with van der Waals surface area (Å²) in [6.45, 7) is 2.28. The maximum Gasteiger partial charge on any atom is 0.256 e. The van der Waals surface area contributed by atoms with E-state index in [0.29, 0.717) is 19.0 Å². The molecule has 2 aromatic rings. The molecule has 1 aliphatic carbocycles. The van der Waals surface area contributed by atoms with Gasteiger partial charge in [0.15, 0.2) is 0 Å². The summed E-state index contributed by atoms with van der Waals surface area (Å²) in [5.41, 5.74) is 1.21. The van der Waals surface area contributed by atoms with E-state index in [0.717, 1.165) is 6.54 Å². The van der Waals surface area contributed by atoms with Crippen molar-refractivity contribution >= 4 is 5.91 Å². The number of halogens is 1. The van der Waals surface area contributed by atoms with Crippen LogP contribution in [-0.4, -0.2) is 58.6 Å². The lowest BCUT2D eigenvalue weighted by atomic mass is 9.60. The largest absolute Gasteiger partial charge is 0.395 e. The Bertz CT molecular complexity index is 906. The van der Waals surface area contributed by atoms with Gasteiger partial charge in [0.1, 0.15) is 5.82 Å². The molecular formula is C25H29FN2O2. The molecule has 1 amide bonds. The zero-order valence-electron chi connectivity index (χ0n) is 17.2. The monoisotopic (exact) mass is 408 g/mol. The average Bonchev–Trinajstić information content (AvgIpc) is 3.24. The molecule has 5 heteroatoms. The van der Waals surface area contributed by atoms with E-state index in [2.05, 4.69) is 17.0 Å². The van der Waals surface area contributed by atoms with E-state index in [1.807, 2.05) is 18.2 Å². The van der Waals surface area contributed by atoms with Gasteiger partial charge in [-0.25, -0.2) is 4.39 Å². The van der Waals surface area contributed by atoms with Crippen LogP contribution in [-0.2, 0) is 0 Å². The van der Waals surface area contributed by atoms with E-state index in [4.69, 9.17) is 0 Å². The zero-order chi connectivity index (χ0) is 20.7. The van der Waals surface area contributed by atoms with Crippen LogP contribution < -0.4 is 0 Å². The van der Waals surface area contributed by atoms with E-state index >= 15 is 0 Å². The number of rotatable bonds is 5. The highest BCUT2D eigenvalue weighted by molar-refractivity contribution is 5.95. The minimum atomic E-state index is -0.465. The summed E-state index contributed by atoms with van der Waals surface area (Å²) in [5.74, 6) is 0.158. The van der Waals surface area contributed by atoms with Crippen molar-refractivity contribution in [3.63, 3.8) is 0 Å². The molecule has 158 valence electrons. The SMILES string of the molecule is O=C(c1ccccc1F)N1CC2(C1)[C@H](c1ccccc1)[C@H](CO)N2CC1CCCC1. The van der Waals surface area contributed by atoms with E-state index in [1.54, 1.807) is 23.1 Å². The van der Waals surface area contributed by atoms with Crippen molar-refractivity contribution in [2.45, 2.75) is 43.2 Å². The minimum absolute atomic E-state index is 0.0821. The lowest BCUT2D eigenvalue weighted by Crippen LogP contribution is -2.85. The normalized spacial score (nSPS) is 25.9. The van der Waals surface area contributed by atoms with Gasteiger partial charge in [-0.2, -0.15) is 0 Å². The number of hydrogen-bond donors (Lipinski definition) is 1. The molecular weight excluding hydrogens is 379 g/mol. The molecule has 3 fully saturated rings. The van der Waals surface area contributed by atoms with Crippen LogP contribution in [0, 0.1) is 11.7 Å². The van der Waals surface area contributed by atoms with Crippen molar-refractivity contribution in [1.29, 1.82) is 0 Å². The molecule has 2 aromatic carbocycles. The first-order valence-corrected chi connectivity index (χ1v) is 11.1. The summed E-state index contributed by atoms with van der Waals surface area (Å²) >= 11 is 0. The van der Waals surface area contributed by atoms with Gasteiger partial charge in [-0.15, -0.1) is 0 Å². The van der Waals surface area contributed by atoms with E-state index in [9.17, 15) is 14.3 Å². The molecule has 2 aliphatic heterocycles. The topological polar surface area (TPSA) is 43.8 Å². The van der Waals surface area contributed by atoms with Gasteiger partial charge in [0, 0.05) is 31.6 Å². The molecule has 0 radical (unpaired) electrons. The standard InChI is InChI=1S/C25H29FN2O2/c26-21-13-7-6-12-20(21)24(30)27-16-25(17-27)23(19-10-2-1-3-11-19)22(15-29)28(25)14-18-8-4-5-9-18/h1-3,6-7,10-13,18,22-23,29H,4-5,8-9,14-17H2/t22-,23+/m0/s1. The van der Waals surface area contributed by atoms with Gasteiger partial charge in [-0.05, 0) is 36.5 Å². The Morgan fingerprint density at radius 2 is 1.70 bits per heavy atom. The number of benzene rings is 2.